The molecule has 3 N–H and O–H groups in total. The highest BCUT2D eigenvalue weighted by Gasteiger charge is 2.28. The maximum Gasteiger partial charge on any atom is 0.329 e. The molecule has 1 rings (SSSR count). The van der Waals surface area contributed by atoms with Gasteiger partial charge in [0.25, 0.3) is 0 Å². The van der Waals surface area contributed by atoms with Crippen LogP contribution in [-0.4, -0.2) is 28.1 Å². The lowest BCUT2D eigenvalue weighted by molar-refractivity contribution is -0.145. The first-order valence-corrected chi connectivity index (χ1v) is 5.16. The highest BCUT2D eigenvalue weighted by molar-refractivity contribution is 5.82. The van der Waals surface area contributed by atoms with Crippen molar-refractivity contribution in [3.8, 4) is 0 Å². The number of carbonyl (C=O) groups excluding carboxylic acids is 1. The molecule has 0 saturated heterocycles. The van der Waals surface area contributed by atoms with Crippen LogP contribution in [0.3, 0.4) is 0 Å². The van der Waals surface area contributed by atoms with Crippen LogP contribution in [0.4, 0.5) is 0 Å². The number of carboxylic acids is 1. The molecule has 2 atom stereocenters. The Labute approximate surface area is 99.1 Å². The number of carbonyl (C=O) groups is 2. The Morgan fingerprint density at radius 1 is 1.24 bits per heavy atom. The number of benzene rings is 1. The van der Waals surface area contributed by atoms with Crippen molar-refractivity contribution in [3.05, 3.63) is 35.4 Å². The van der Waals surface area contributed by atoms with Crippen LogP contribution in [0.1, 0.15) is 24.2 Å². The number of aliphatic carboxylic acids is 1. The second-order valence-corrected chi connectivity index (χ2v) is 3.87. The van der Waals surface area contributed by atoms with E-state index in [1.165, 1.54) is 6.92 Å². The number of carboxylic acid groups (broad SMARTS) is 1. The molecule has 5 heteroatoms. The van der Waals surface area contributed by atoms with Crippen molar-refractivity contribution < 1.29 is 19.8 Å². The zero-order valence-electron chi connectivity index (χ0n) is 9.68. The SMILES string of the molecule is CC(=O)NC(C(=O)O)C(O)c1ccc(C)cc1. The molecular formula is C12H15NO4. The molecule has 17 heavy (non-hydrogen) atoms. The number of aliphatic hydroxyl groups is 1. The molecule has 5 nitrogen and oxygen atoms in total. The van der Waals surface area contributed by atoms with Gasteiger partial charge in [-0.15, -0.1) is 0 Å². The summed E-state index contributed by atoms with van der Waals surface area (Å²) in [6, 6.07) is 5.47. The van der Waals surface area contributed by atoms with E-state index in [4.69, 9.17) is 5.11 Å². The Hall–Kier alpha value is -1.88. The van der Waals surface area contributed by atoms with E-state index in [2.05, 4.69) is 5.32 Å². The molecule has 0 fully saturated rings. The molecule has 2 unspecified atom stereocenters. The third kappa shape index (κ3) is 3.57. The van der Waals surface area contributed by atoms with E-state index >= 15 is 0 Å². The molecule has 0 aliphatic heterocycles. The summed E-state index contributed by atoms with van der Waals surface area (Å²) in [5.74, 6) is -1.77. The van der Waals surface area contributed by atoms with Crippen LogP contribution in [0.2, 0.25) is 0 Å². The van der Waals surface area contributed by atoms with Gasteiger partial charge in [0.15, 0.2) is 6.04 Å². The van der Waals surface area contributed by atoms with Crippen molar-refractivity contribution in [2.24, 2.45) is 0 Å². The summed E-state index contributed by atoms with van der Waals surface area (Å²) in [6.07, 6.45) is -1.27. The molecule has 1 aromatic carbocycles. The van der Waals surface area contributed by atoms with Gasteiger partial charge in [0.2, 0.25) is 5.91 Å². The minimum absolute atomic E-state index is 0.455. The second-order valence-electron chi connectivity index (χ2n) is 3.87. The zero-order chi connectivity index (χ0) is 13.0. The number of hydrogen-bond donors (Lipinski definition) is 3. The van der Waals surface area contributed by atoms with Crippen molar-refractivity contribution in [2.75, 3.05) is 0 Å². The zero-order valence-corrected chi connectivity index (χ0v) is 9.68. The van der Waals surface area contributed by atoms with Gasteiger partial charge in [-0.2, -0.15) is 0 Å². The first kappa shape index (κ1) is 13.2. The topological polar surface area (TPSA) is 86.6 Å². The van der Waals surface area contributed by atoms with Crippen LogP contribution < -0.4 is 5.32 Å². The normalized spacial score (nSPS) is 13.8. The van der Waals surface area contributed by atoms with Crippen LogP contribution in [0.25, 0.3) is 0 Å². The van der Waals surface area contributed by atoms with Crippen molar-refractivity contribution in [3.63, 3.8) is 0 Å². The molecule has 0 aliphatic rings. The molecule has 0 aromatic heterocycles. The molecule has 0 heterocycles. The van der Waals surface area contributed by atoms with Crippen LogP contribution in [0.5, 0.6) is 0 Å². The van der Waals surface area contributed by atoms with Gasteiger partial charge in [0.1, 0.15) is 6.10 Å². The van der Waals surface area contributed by atoms with Crippen molar-refractivity contribution >= 4 is 11.9 Å². The summed E-state index contributed by atoms with van der Waals surface area (Å²) in [5.41, 5.74) is 1.46. The Kier molecular flexibility index (Phi) is 4.23. The average molecular weight is 237 g/mol. The second kappa shape index (κ2) is 5.45. The Morgan fingerprint density at radius 2 is 1.76 bits per heavy atom. The smallest absolute Gasteiger partial charge is 0.329 e. The predicted octanol–water partition coefficient (Wildman–Crippen LogP) is 0.618. The maximum absolute atomic E-state index is 10.9. The molecule has 92 valence electrons. The van der Waals surface area contributed by atoms with Gasteiger partial charge in [-0.05, 0) is 12.5 Å². The van der Waals surface area contributed by atoms with Crippen LogP contribution in [-0.2, 0) is 9.59 Å². The summed E-state index contributed by atoms with van der Waals surface area (Å²) in [6.45, 7) is 3.09. The highest BCUT2D eigenvalue weighted by Crippen LogP contribution is 2.17. The van der Waals surface area contributed by atoms with Crippen molar-refractivity contribution in [1.82, 2.24) is 5.32 Å². The number of hydrogen-bond acceptors (Lipinski definition) is 3. The molecule has 0 aliphatic carbocycles. The first-order valence-electron chi connectivity index (χ1n) is 5.16. The van der Waals surface area contributed by atoms with Crippen LogP contribution >= 0.6 is 0 Å². The molecule has 1 aromatic rings. The maximum atomic E-state index is 10.9. The van der Waals surface area contributed by atoms with Gasteiger partial charge >= 0.3 is 5.97 Å². The van der Waals surface area contributed by atoms with Gasteiger partial charge in [-0.1, -0.05) is 29.8 Å². The summed E-state index contributed by atoms with van der Waals surface area (Å²) in [7, 11) is 0. The first-order chi connectivity index (χ1) is 7.91. The molecule has 0 spiro atoms. The lowest BCUT2D eigenvalue weighted by atomic mass is 10.0. The molecular weight excluding hydrogens is 222 g/mol. The highest BCUT2D eigenvalue weighted by atomic mass is 16.4. The van der Waals surface area contributed by atoms with Crippen molar-refractivity contribution in [2.45, 2.75) is 26.0 Å². The van der Waals surface area contributed by atoms with Crippen LogP contribution in [0, 0.1) is 6.92 Å². The summed E-state index contributed by atoms with van der Waals surface area (Å²) in [5, 5.41) is 21.0. The Balaban J connectivity index is 2.91. The van der Waals surface area contributed by atoms with E-state index in [-0.39, 0.29) is 0 Å². The Bertz CT molecular complexity index is 413. The largest absolute Gasteiger partial charge is 0.480 e. The third-order valence-corrected chi connectivity index (χ3v) is 2.36. The minimum atomic E-state index is -1.34. The Morgan fingerprint density at radius 3 is 2.18 bits per heavy atom. The number of nitrogens with one attached hydrogen (secondary N) is 1. The van der Waals surface area contributed by atoms with Crippen molar-refractivity contribution in [1.29, 1.82) is 0 Å². The fourth-order valence-electron chi connectivity index (χ4n) is 1.45. The van der Waals surface area contributed by atoms with Gasteiger partial charge < -0.3 is 15.5 Å². The molecule has 0 saturated carbocycles. The lowest BCUT2D eigenvalue weighted by Crippen LogP contribution is -2.44. The summed E-state index contributed by atoms with van der Waals surface area (Å²) >= 11 is 0. The third-order valence-electron chi connectivity index (χ3n) is 2.36. The van der Waals surface area contributed by atoms with E-state index in [9.17, 15) is 14.7 Å². The van der Waals surface area contributed by atoms with E-state index in [0.717, 1.165) is 5.56 Å². The quantitative estimate of drug-likeness (QED) is 0.716. The monoisotopic (exact) mass is 237 g/mol. The number of amides is 1. The molecule has 0 bridgehead atoms. The van der Waals surface area contributed by atoms with Gasteiger partial charge in [-0.3, -0.25) is 4.79 Å². The minimum Gasteiger partial charge on any atom is -0.480 e. The number of aliphatic hydroxyl groups excluding tert-OH is 1. The number of aryl methyl sites for hydroxylation is 1. The number of rotatable bonds is 4. The van der Waals surface area contributed by atoms with E-state index in [0.29, 0.717) is 5.56 Å². The molecule has 1 amide bonds. The van der Waals surface area contributed by atoms with Crippen LogP contribution in [0.15, 0.2) is 24.3 Å². The standard InChI is InChI=1S/C12H15NO4/c1-7-3-5-9(6-4-7)11(15)10(12(16)17)13-8(2)14/h3-6,10-11,15H,1-2H3,(H,13,14)(H,16,17). The van der Waals surface area contributed by atoms with E-state index in [1.807, 2.05) is 6.92 Å². The van der Waals surface area contributed by atoms with Gasteiger partial charge in [-0.25, -0.2) is 4.79 Å². The predicted molar refractivity (Wildman–Crippen MR) is 61.4 cm³/mol. The fourth-order valence-corrected chi connectivity index (χ4v) is 1.45. The lowest BCUT2D eigenvalue weighted by Gasteiger charge is -2.20. The average Bonchev–Trinajstić information content (AvgIpc) is 2.25. The van der Waals surface area contributed by atoms with E-state index in [1.54, 1.807) is 24.3 Å². The molecule has 0 radical (unpaired) electrons. The van der Waals surface area contributed by atoms with Gasteiger partial charge in [0.05, 0.1) is 0 Å². The summed E-state index contributed by atoms with van der Waals surface area (Å²) in [4.78, 5) is 21.8. The van der Waals surface area contributed by atoms with E-state index < -0.39 is 24.0 Å². The van der Waals surface area contributed by atoms with Gasteiger partial charge in [0, 0.05) is 6.92 Å². The fraction of sp³-hybridized carbons (Fsp3) is 0.333. The summed E-state index contributed by atoms with van der Waals surface area (Å²) < 4.78 is 0.